The first-order chi connectivity index (χ1) is 11.2. The first kappa shape index (κ1) is 17.3. The van der Waals surface area contributed by atoms with Gasteiger partial charge < -0.3 is 10.2 Å². The largest absolute Gasteiger partial charge is 0.339 e. The van der Waals surface area contributed by atoms with Crippen molar-refractivity contribution >= 4 is 29.0 Å². The molecule has 1 heterocycles. The lowest BCUT2D eigenvalue weighted by Crippen LogP contribution is -2.32. The second kappa shape index (κ2) is 8.53. The molecule has 0 spiro atoms. The fraction of sp³-hybridized carbons (Fsp3) is 0.333. The van der Waals surface area contributed by atoms with Gasteiger partial charge in [0.1, 0.15) is 5.82 Å². The van der Waals surface area contributed by atoms with E-state index < -0.39 is 0 Å². The number of hydrogen-bond acceptors (Lipinski definition) is 3. The smallest absolute Gasteiger partial charge is 0.255 e. The Labute approximate surface area is 142 Å². The fourth-order valence-electron chi connectivity index (χ4n) is 2.33. The number of carbonyl (C=O) groups excluding carboxylic acids is 1. The van der Waals surface area contributed by atoms with Crippen molar-refractivity contribution < 1.29 is 4.79 Å². The van der Waals surface area contributed by atoms with E-state index in [0.717, 1.165) is 31.6 Å². The lowest BCUT2D eigenvalue weighted by molar-refractivity contribution is 0.0755. The minimum absolute atomic E-state index is 0.0329. The zero-order valence-corrected chi connectivity index (χ0v) is 14.3. The van der Waals surface area contributed by atoms with E-state index in [1.54, 1.807) is 18.3 Å². The van der Waals surface area contributed by atoms with Crippen LogP contribution in [-0.2, 0) is 0 Å². The van der Waals surface area contributed by atoms with E-state index in [1.165, 1.54) is 0 Å². The highest BCUT2D eigenvalue weighted by molar-refractivity contribution is 6.33. The van der Waals surface area contributed by atoms with Crippen molar-refractivity contribution in [1.82, 2.24) is 9.88 Å². The number of halogens is 1. The Bertz CT molecular complexity index is 637. The third kappa shape index (κ3) is 4.70. The van der Waals surface area contributed by atoms with E-state index in [2.05, 4.69) is 24.1 Å². The molecule has 1 aromatic heterocycles. The number of nitrogens with one attached hydrogen (secondary N) is 1. The molecule has 0 atom stereocenters. The van der Waals surface area contributed by atoms with Gasteiger partial charge >= 0.3 is 0 Å². The Kier molecular flexibility index (Phi) is 6.41. The number of carbonyl (C=O) groups is 1. The van der Waals surface area contributed by atoms with Crippen molar-refractivity contribution in [2.75, 3.05) is 18.4 Å². The molecule has 2 rings (SSSR count). The van der Waals surface area contributed by atoms with Crippen LogP contribution in [0.4, 0.5) is 11.5 Å². The molecule has 0 fully saturated rings. The summed E-state index contributed by atoms with van der Waals surface area (Å²) >= 11 is 6.12. The summed E-state index contributed by atoms with van der Waals surface area (Å²) in [5, 5.41) is 3.78. The van der Waals surface area contributed by atoms with Gasteiger partial charge in [0.15, 0.2) is 0 Å². The van der Waals surface area contributed by atoms with Crippen LogP contribution in [0, 0.1) is 0 Å². The minimum Gasteiger partial charge on any atom is -0.339 e. The van der Waals surface area contributed by atoms with Gasteiger partial charge in [-0.15, -0.1) is 0 Å². The van der Waals surface area contributed by atoms with E-state index in [0.29, 0.717) is 16.4 Å². The molecule has 0 unspecified atom stereocenters. The van der Waals surface area contributed by atoms with Crippen LogP contribution in [0.25, 0.3) is 0 Å². The summed E-state index contributed by atoms with van der Waals surface area (Å²) in [4.78, 5) is 18.7. The Morgan fingerprint density at radius 1 is 1.13 bits per heavy atom. The molecular weight excluding hydrogens is 310 g/mol. The van der Waals surface area contributed by atoms with Gasteiger partial charge in [-0.2, -0.15) is 0 Å². The van der Waals surface area contributed by atoms with Crippen LogP contribution < -0.4 is 5.32 Å². The maximum atomic E-state index is 12.5. The SMILES string of the molecule is CCCN(CCC)C(=O)c1ccc(Nc2ccccc2Cl)nc1. The van der Waals surface area contributed by atoms with Gasteiger partial charge in [0.25, 0.3) is 5.91 Å². The van der Waals surface area contributed by atoms with E-state index in [9.17, 15) is 4.79 Å². The maximum Gasteiger partial charge on any atom is 0.255 e. The molecule has 1 N–H and O–H groups in total. The Balaban J connectivity index is 2.09. The van der Waals surface area contributed by atoms with Crippen molar-refractivity contribution in [2.45, 2.75) is 26.7 Å². The van der Waals surface area contributed by atoms with Crippen LogP contribution in [0.2, 0.25) is 5.02 Å². The molecule has 1 aromatic carbocycles. The highest BCUT2D eigenvalue weighted by Gasteiger charge is 2.14. The van der Waals surface area contributed by atoms with Crippen LogP contribution in [0.1, 0.15) is 37.0 Å². The monoisotopic (exact) mass is 331 g/mol. The van der Waals surface area contributed by atoms with Crippen molar-refractivity contribution in [3.8, 4) is 0 Å². The molecule has 0 aliphatic heterocycles. The van der Waals surface area contributed by atoms with Crippen LogP contribution in [0.3, 0.4) is 0 Å². The van der Waals surface area contributed by atoms with Gasteiger partial charge in [-0.05, 0) is 37.1 Å². The van der Waals surface area contributed by atoms with Crippen LogP contribution in [0.15, 0.2) is 42.6 Å². The molecule has 0 radical (unpaired) electrons. The van der Waals surface area contributed by atoms with Crippen molar-refractivity contribution in [1.29, 1.82) is 0 Å². The van der Waals surface area contributed by atoms with Crippen molar-refractivity contribution in [2.24, 2.45) is 0 Å². The summed E-state index contributed by atoms with van der Waals surface area (Å²) in [6.45, 7) is 5.69. The average Bonchev–Trinajstić information content (AvgIpc) is 2.57. The van der Waals surface area contributed by atoms with E-state index >= 15 is 0 Å². The predicted octanol–water partition coefficient (Wildman–Crippen LogP) is 4.74. The molecular formula is C18H22ClN3O. The molecule has 5 heteroatoms. The summed E-state index contributed by atoms with van der Waals surface area (Å²) in [6, 6.07) is 11.1. The average molecular weight is 332 g/mol. The third-order valence-corrected chi connectivity index (χ3v) is 3.75. The van der Waals surface area contributed by atoms with Gasteiger partial charge in [-0.3, -0.25) is 4.79 Å². The van der Waals surface area contributed by atoms with Gasteiger partial charge in [0, 0.05) is 19.3 Å². The zero-order chi connectivity index (χ0) is 16.7. The second-order valence-corrected chi connectivity index (χ2v) is 5.74. The third-order valence-electron chi connectivity index (χ3n) is 3.42. The number of rotatable bonds is 7. The number of nitrogens with zero attached hydrogens (tertiary/aromatic N) is 2. The summed E-state index contributed by atoms with van der Waals surface area (Å²) in [5.41, 5.74) is 1.40. The molecule has 0 saturated heterocycles. The second-order valence-electron chi connectivity index (χ2n) is 5.33. The number of anilines is 2. The van der Waals surface area contributed by atoms with Gasteiger partial charge in [-0.1, -0.05) is 37.6 Å². The molecule has 23 heavy (non-hydrogen) atoms. The number of hydrogen-bond donors (Lipinski definition) is 1. The Hall–Kier alpha value is -2.07. The van der Waals surface area contributed by atoms with Crippen molar-refractivity contribution in [3.05, 3.63) is 53.2 Å². The summed E-state index contributed by atoms with van der Waals surface area (Å²) < 4.78 is 0. The minimum atomic E-state index is 0.0329. The van der Waals surface area contributed by atoms with Gasteiger partial charge in [0.2, 0.25) is 0 Å². The van der Waals surface area contributed by atoms with Gasteiger partial charge in [0.05, 0.1) is 16.3 Å². The van der Waals surface area contributed by atoms with E-state index in [4.69, 9.17) is 11.6 Å². The Morgan fingerprint density at radius 2 is 1.83 bits per heavy atom. The Morgan fingerprint density at radius 3 is 2.39 bits per heavy atom. The number of benzene rings is 1. The first-order valence-electron chi connectivity index (χ1n) is 7.92. The molecule has 0 aliphatic rings. The first-order valence-corrected chi connectivity index (χ1v) is 8.30. The zero-order valence-electron chi connectivity index (χ0n) is 13.6. The highest BCUT2D eigenvalue weighted by atomic mass is 35.5. The maximum absolute atomic E-state index is 12.5. The van der Waals surface area contributed by atoms with E-state index in [-0.39, 0.29) is 5.91 Å². The lowest BCUT2D eigenvalue weighted by Gasteiger charge is -2.21. The highest BCUT2D eigenvalue weighted by Crippen LogP contribution is 2.23. The number of aromatic nitrogens is 1. The number of para-hydroxylation sites is 1. The van der Waals surface area contributed by atoms with Gasteiger partial charge in [-0.25, -0.2) is 4.98 Å². The molecule has 2 aromatic rings. The summed E-state index contributed by atoms with van der Waals surface area (Å²) in [6.07, 6.45) is 3.51. The van der Waals surface area contributed by atoms with E-state index in [1.807, 2.05) is 29.2 Å². The molecule has 1 amide bonds. The topological polar surface area (TPSA) is 45.2 Å². The van der Waals surface area contributed by atoms with Crippen LogP contribution in [0.5, 0.6) is 0 Å². The molecule has 0 saturated carbocycles. The fourth-order valence-corrected chi connectivity index (χ4v) is 2.52. The molecule has 4 nitrogen and oxygen atoms in total. The van der Waals surface area contributed by atoms with Crippen LogP contribution >= 0.6 is 11.6 Å². The normalized spacial score (nSPS) is 10.4. The molecule has 122 valence electrons. The van der Waals surface area contributed by atoms with Crippen LogP contribution in [-0.4, -0.2) is 28.9 Å². The summed E-state index contributed by atoms with van der Waals surface area (Å²) in [7, 11) is 0. The standard InChI is InChI=1S/C18H22ClN3O/c1-3-11-22(12-4-2)18(23)14-9-10-17(20-13-14)21-16-8-6-5-7-15(16)19/h5-10,13H,3-4,11-12H2,1-2H3,(H,20,21). The summed E-state index contributed by atoms with van der Waals surface area (Å²) in [5.74, 6) is 0.692. The number of pyridine rings is 1. The quantitative estimate of drug-likeness (QED) is 0.797. The predicted molar refractivity (Wildman–Crippen MR) is 95.5 cm³/mol. The molecule has 0 aliphatic carbocycles. The van der Waals surface area contributed by atoms with Crippen molar-refractivity contribution in [3.63, 3.8) is 0 Å². The molecule has 0 bridgehead atoms. The number of amides is 1. The lowest BCUT2D eigenvalue weighted by atomic mass is 10.2.